The van der Waals surface area contributed by atoms with E-state index >= 15 is 0 Å². The molecule has 0 aliphatic carbocycles. The molecule has 0 aliphatic heterocycles. The second-order valence-electron chi connectivity index (χ2n) is 4.05. The first-order valence-electron chi connectivity index (χ1n) is 5.49. The zero-order chi connectivity index (χ0) is 13.1. The molecule has 0 aliphatic rings. The summed E-state index contributed by atoms with van der Waals surface area (Å²) in [5.41, 5.74) is 0.731. The SMILES string of the molecule is CC(C(=O)O)N(C)Cc1coc(-c2cccs2)n1. The van der Waals surface area contributed by atoms with Crippen molar-refractivity contribution in [3.05, 3.63) is 29.5 Å². The fourth-order valence-corrected chi connectivity index (χ4v) is 2.13. The quantitative estimate of drug-likeness (QED) is 0.899. The van der Waals surface area contributed by atoms with E-state index in [1.54, 1.807) is 36.5 Å². The summed E-state index contributed by atoms with van der Waals surface area (Å²) < 4.78 is 5.38. The predicted octanol–water partition coefficient (Wildman–Crippen LogP) is 2.31. The van der Waals surface area contributed by atoms with Crippen molar-refractivity contribution in [2.45, 2.75) is 19.5 Å². The molecule has 0 saturated carbocycles. The van der Waals surface area contributed by atoms with Crippen molar-refractivity contribution in [3.8, 4) is 10.8 Å². The molecular formula is C12H14N2O3S. The second-order valence-corrected chi connectivity index (χ2v) is 5.00. The lowest BCUT2D eigenvalue weighted by Gasteiger charge is -2.19. The molecule has 0 spiro atoms. The van der Waals surface area contributed by atoms with E-state index in [9.17, 15) is 4.79 Å². The van der Waals surface area contributed by atoms with Gasteiger partial charge in [-0.2, -0.15) is 0 Å². The van der Waals surface area contributed by atoms with E-state index in [1.807, 2.05) is 17.5 Å². The highest BCUT2D eigenvalue weighted by molar-refractivity contribution is 7.13. The average Bonchev–Trinajstić information content (AvgIpc) is 2.96. The molecule has 2 rings (SSSR count). The maximum Gasteiger partial charge on any atom is 0.320 e. The molecule has 2 aromatic rings. The van der Waals surface area contributed by atoms with Crippen LogP contribution in [0.4, 0.5) is 0 Å². The minimum Gasteiger partial charge on any atom is -0.480 e. The zero-order valence-corrected chi connectivity index (χ0v) is 11.0. The summed E-state index contributed by atoms with van der Waals surface area (Å²) in [6.45, 7) is 2.09. The third-order valence-electron chi connectivity index (χ3n) is 2.71. The number of nitrogens with zero attached hydrogens (tertiary/aromatic N) is 2. The van der Waals surface area contributed by atoms with Gasteiger partial charge in [0.1, 0.15) is 12.3 Å². The average molecular weight is 266 g/mol. The largest absolute Gasteiger partial charge is 0.480 e. The number of rotatable bonds is 5. The maximum absolute atomic E-state index is 10.8. The van der Waals surface area contributed by atoms with Gasteiger partial charge in [0.15, 0.2) is 0 Å². The molecule has 0 aromatic carbocycles. The van der Waals surface area contributed by atoms with Gasteiger partial charge in [-0.25, -0.2) is 4.98 Å². The van der Waals surface area contributed by atoms with E-state index in [4.69, 9.17) is 9.52 Å². The van der Waals surface area contributed by atoms with Crippen LogP contribution in [0.25, 0.3) is 10.8 Å². The Morgan fingerprint density at radius 3 is 3.06 bits per heavy atom. The van der Waals surface area contributed by atoms with Gasteiger partial charge in [0.25, 0.3) is 0 Å². The Labute approximate surface area is 109 Å². The maximum atomic E-state index is 10.8. The number of hydrogen-bond donors (Lipinski definition) is 1. The molecule has 0 bridgehead atoms. The smallest absolute Gasteiger partial charge is 0.320 e. The number of oxazole rings is 1. The molecule has 1 unspecified atom stereocenters. The lowest BCUT2D eigenvalue weighted by Crippen LogP contribution is -2.35. The summed E-state index contributed by atoms with van der Waals surface area (Å²) in [5.74, 6) is -0.268. The second kappa shape index (κ2) is 5.32. The van der Waals surface area contributed by atoms with E-state index in [-0.39, 0.29) is 0 Å². The van der Waals surface area contributed by atoms with Crippen molar-refractivity contribution in [1.29, 1.82) is 0 Å². The summed E-state index contributed by atoms with van der Waals surface area (Å²) in [6.07, 6.45) is 1.57. The molecule has 0 fully saturated rings. The van der Waals surface area contributed by atoms with E-state index in [0.717, 1.165) is 10.6 Å². The standard InChI is InChI=1S/C12H14N2O3S/c1-8(12(15)16)14(2)6-9-7-17-11(13-9)10-4-3-5-18-10/h3-5,7-8H,6H2,1-2H3,(H,15,16). The summed E-state index contributed by atoms with van der Waals surface area (Å²) in [6, 6.07) is 3.32. The van der Waals surface area contributed by atoms with Gasteiger partial charge in [-0.05, 0) is 25.4 Å². The van der Waals surface area contributed by atoms with Crippen molar-refractivity contribution in [2.75, 3.05) is 7.05 Å². The molecule has 0 saturated heterocycles. The molecule has 2 heterocycles. The van der Waals surface area contributed by atoms with Crippen LogP contribution in [-0.2, 0) is 11.3 Å². The van der Waals surface area contributed by atoms with E-state index in [2.05, 4.69) is 4.98 Å². The summed E-state index contributed by atoms with van der Waals surface area (Å²) >= 11 is 1.56. The molecule has 5 nitrogen and oxygen atoms in total. The third kappa shape index (κ3) is 2.77. The Morgan fingerprint density at radius 1 is 1.67 bits per heavy atom. The van der Waals surface area contributed by atoms with Crippen molar-refractivity contribution in [3.63, 3.8) is 0 Å². The fourth-order valence-electron chi connectivity index (χ4n) is 1.47. The number of aliphatic carboxylic acids is 1. The highest BCUT2D eigenvalue weighted by atomic mass is 32.1. The Bertz CT molecular complexity index is 521. The Morgan fingerprint density at radius 2 is 2.44 bits per heavy atom. The number of thiophene rings is 1. The van der Waals surface area contributed by atoms with E-state index in [0.29, 0.717) is 12.4 Å². The number of hydrogen-bond acceptors (Lipinski definition) is 5. The molecule has 0 amide bonds. The number of aromatic nitrogens is 1. The number of carbonyl (C=O) groups is 1. The molecule has 1 N–H and O–H groups in total. The van der Waals surface area contributed by atoms with Crippen LogP contribution in [0.1, 0.15) is 12.6 Å². The highest BCUT2D eigenvalue weighted by Gasteiger charge is 2.18. The van der Waals surface area contributed by atoms with Gasteiger partial charge in [0, 0.05) is 6.54 Å². The zero-order valence-electron chi connectivity index (χ0n) is 10.2. The number of carboxylic acid groups (broad SMARTS) is 1. The van der Waals surface area contributed by atoms with Crippen LogP contribution in [0.2, 0.25) is 0 Å². The van der Waals surface area contributed by atoms with Crippen molar-refractivity contribution in [2.24, 2.45) is 0 Å². The predicted molar refractivity (Wildman–Crippen MR) is 68.4 cm³/mol. The first kappa shape index (κ1) is 12.8. The molecule has 0 radical (unpaired) electrons. The Balaban J connectivity index is 2.05. The number of likely N-dealkylation sites (N-methyl/N-ethyl adjacent to an activating group) is 1. The van der Waals surface area contributed by atoms with Gasteiger partial charge in [-0.15, -0.1) is 11.3 Å². The Hall–Kier alpha value is -1.66. The van der Waals surface area contributed by atoms with Crippen LogP contribution < -0.4 is 0 Å². The molecule has 2 aromatic heterocycles. The van der Waals surface area contributed by atoms with Crippen LogP contribution in [0, 0.1) is 0 Å². The first-order valence-corrected chi connectivity index (χ1v) is 6.37. The monoisotopic (exact) mass is 266 g/mol. The fraction of sp³-hybridized carbons (Fsp3) is 0.333. The Kier molecular flexibility index (Phi) is 3.78. The van der Waals surface area contributed by atoms with Crippen molar-refractivity contribution in [1.82, 2.24) is 9.88 Å². The van der Waals surface area contributed by atoms with Gasteiger partial charge in [0.2, 0.25) is 5.89 Å². The van der Waals surface area contributed by atoms with Gasteiger partial charge in [-0.3, -0.25) is 9.69 Å². The molecule has 96 valence electrons. The lowest BCUT2D eigenvalue weighted by molar-refractivity contribution is -0.142. The van der Waals surface area contributed by atoms with Crippen LogP contribution >= 0.6 is 11.3 Å². The van der Waals surface area contributed by atoms with Crippen LogP contribution in [-0.4, -0.2) is 34.0 Å². The molecule has 18 heavy (non-hydrogen) atoms. The minimum absolute atomic E-state index is 0.447. The third-order valence-corrected chi connectivity index (χ3v) is 3.57. The number of carboxylic acids is 1. The van der Waals surface area contributed by atoms with Crippen LogP contribution in [0.5, 0.6) is 0 Å². The van der Waals surface area contributed by atoms with Gasteiger partial charge < -0.3 is 9.52 Å². The summed E-state index contributed by atoms with van der Waals surface area (Å²) in [5, 5.41) is 10.9. The summed E-state index contributed by atoms with van der Waals surface area (Å²) in [7, 11) is 1.75. The molecule has 1 atom stereocenters. The van der Waals surface area contributed by atoms with Gasteiger partial charge in [0.05, 0.1) is 10.6 Å². The van der Waals surface area contributed by atoms with Crippen LogP contribution in [0.3, 0.4) is 0 Å². The van der Waals surface area contributed by atoms with Crippen LogP contribution in [0.15, 0.2) is 28.2 Å². The first-order chi connectivity index (χ1) is 8.58. The lowest BCUT2D eigenvalue weighted by atomic mass is 10.3. The summed E-state index contributed by atoms with van der Waals surface area (Å²) in [4.78, 5) is 17.9. The highest BCUT2D eigenvalue weighted by Crippen LogP contribution is 2.23. The van der Waals surface area contributed by atoms with E-state index in [1.165, 1.54) is 0 Å². The van der Waals surface area contributed by atoms with Crippen molar-refractivity contribution < 1.29 is 14.3 Å². The van der Waals surface area contributed by atoms with E-state index < -0.39 is 12.0 Å². The van der Waals surface area contributed by atoms with Gasteiger partial charge >= 0.3 is 5.97 Å². The topological polar surface area (TPSA) is 66.6 Å². The molecular weight excluding hydrogens is 252 g/mol. The van der Waals surface area contributed by atoms with Crippen molar-refractivity contribution >= 4 is 17.3 Å². The molecule has 6 heteroatoms. The van der Waals surface area contributed by atoms with Gasteiger partial charge in [-0.1, -0.05) is 6.07 Å². The normalized spacial score (nSPS) is 12.8. The minimum atomic E-state index is -0.848.